The molecule has 1 aromatic carbocycles. The number of rotatable bonds is 4. The third-order valence-electron chi connectivity index (χ3n) is 7.35. The zero-order chi connectivity index (χ0) is 24.6. The zero-order valence-electron chi connectivity index (χ0n) is 19.2. The third kappa shape index (κ3) is 4.68. The van der Waals surface area contributed by atoms with Gasteiger partial charge in [-0.3, -0.25) is 14.2 Å². The molecule has 2 aromatic heterocycles. The molecule has 4 heterocycles. The summed E-state index contributed by atoms with van der Waals surface area (Å²) in [6, 6.07) is 11.4. The maximum atomic E-state index is 13.6. The Labute approximate surface area is 206 Å². The molecule has 2 N–H and O–H groups in total. The van der Waals surface area contributed by atoms with Gasteiger partial charge >= 0.3 is 6.09 Å². The Hall–Kier alpha value is -3.24. The van der Waals surface area contributed by atoms with Crippen LogP contribution in [0.25, 0.3) is 10.2 Å². The van der Waals surface area contributed by atoms with Crippen LogP contribution in [0.5, 0.6) is 0 Å². The van der Waals surface area contributed by atoms with Crippen molar-refractivity contribution in [3.8, 4) is 0 Å². The second-order valence-corrected chi connectivity index (χ2v) is 10.4. The Morgan fingerprint density at radius 3 is 2.54 bits per heavy atom. The van der Waals surface area contributed by atoms with Crippen molar-refractivity contribution >= 4 is 33.6 Å². The van der Waals surface area contributed by atoms with E-state index in [-0.39, 0.29) is 36.4 Å². The van der Waals surface area contributed by atoms with Crippen LogP contribution in [0.3, 0.4) is 0 Å². The van der Waals surface area contributed by atoms with Gasteiger partial charge in [0.15, 0.2) is 0 Å². The fourth-order valence-corrected chi connectivity index (χ4v) is 6.04. The van der Waals surface area contributed by atoms with E-state index in [0.29, 0.717) is 49.1 Å². The minimum atomic E-state index is -1.10. The number of carbonyl (C=O) groups is 2. The molecular formula is C25H28N4O5S. The van der Waals surface area contributed by atoms with Gasteiger partial charge in [-0.15, -0.1) is 11.3 Å². The molecule has 2 aliphatic rings. The van der Waals surface area contributed by atoms with E-state index in [0.717, 1.165) is 5.56 Å². The molecule has 9 nitrogen and oxygen atoms in total. The first kappa shape index (κ1) is 23.5. The summed E-state index contributed by atoms with van der Waals surface area (Å²) in [7, 11) is 0. The summed E-state index contributed by atoms with van der Waals surface area (Å²) in [6.07, 6.45) is 1.70. The van der Waals surface area contributed by atoms with Crippen LogP contribution in [-0.2, 0) is 11.3 Å². The number of nitrogens with zero attached hydrogens (tertiary/aromatic N) is 4. The van der Waals surface area contributed by atoms with E-state index in [9.17, 15) is 24.6 Å². The van der Waals surface area contributed by atoms with Gasteiger partial charge in [-0.05, 0) is 36.3 Å². The summed E-state index contributed by atoms with van der Waals surface area (Å²) < 4.78 is 1.46. The highest BCUT2D eigenvalue weighted by atomic mass is 32.1. The van der Waals surface area contributed by atoms with E-state index in [1.165, 1.54) is 27.1 Å². The molecule has 184 valence electrons. The smallest absolute Gasteiger partial charge is 0.407 e. The number of likely N-dealkylation sites (tertiary alicyclic amines) is 2. The predicted molar refractivity (Wildman–Crippen MR) is 132 cm³/mol. The normalized spacial score (nSPS) is 22.3. The minimum absolute atomic E-state index is 0.00414. The van der Waals surface area contributed by atoms with Crippen molar-refractivity contribution in [3.63, 3.8) is 0 Å². The first-order valence-corrected chi connectivity index (χ1v) is 12.7. The Balaban J connectivity index is 1.28. The van der Waals surface area contributed by atoms with Gasteiger partial charge < -0.3 is 20.0 Å². The first-order valence-electron chi connectivity index (χ1n) is 11.8. The molecule has 2 saturated heterocycles. The Morgan fingerprint density at radius 2 is 1.83 bits per heavy atom. The van der Waals surface area contributed by atoms with Crippen LogP contribution in [-0.4, -0.2) is 73.3 Å². The van der Waals surface area contributed by atoms with E-state index in [1.807, 2.05) is 35.7 Å². The number of piperidine rings is 2. The van der Waals surface area contributed by atoms with Crippen LogP contribution in [0, 0.1) is 5.92 Å². The Kier molecular flexibility index (Phi) is 6.33. The summed E-state index contributed by atoms with van der Waals surface area (Å²) in [5.74, 6) is -0.521. The van der Waals surface area contributed by atoms with E-state index in [4.69, 9.17) is 0 Å². The van der Waals surface area contributed by atoms with E-state index >= 15 is 0 Å². The quantitative estimate of drug-likeness (QED) is 0.574. The highest BCUT2D eigenvalue weighted by molar-refractivity contribution is 7.16. The third-order valence-corrected chi connectivity index (χ3v) is 8.17. The maximum absolute atomic E-state index is 13.6. The summed E-state index contributed by atoms with van der Waals surface area (Å²) in [4.78, 5) is 46.1. The van der Waals surface area contributed by atoms with Crippen molar-refractivity contribution in [1.82, 2.24) is 19.4 Å². The number of hydrogen-bond acceptors (Lipinski definition) is 6. The summed E-state index contributed by atoms with van der Waals surface area (Å²) in [5, 5.41) is 23.1. The van der Waals surface area contributed by atoms with Gasteiger partial charge in [-0.2, -0.15) is 0 Å². The van der Waals surface area contributed by atoms with Crippen molar-refractivity contribution in [3.05, 3.63) is 64.0 Å². The maximum Gasteiger partial charge on any atom is 0.407 e. The lowest BCUT2D eigenvalue weighted by molar-refractivity contribution is -0.142. The number of benzene rings is 1. The van der Waals surface area contributed by atoms with Gasteiger partial charge in [0.2, 0.25) is 5.91 Å². The number of hydrogen-bond donors (Lipinski definition) is 2. The molecule has 0 spiro atoms. The van der Waals surface area contributed by atoms with Crippen molar-refractivity contribution in [2.24, 2.45) is 5.92 Å². The van der Waals surface area contributed by atoms with Crippen molar-refractivity contribution in [2.75, 3.05) is 26.2 Å². The highest BCUT2D eigenvalue weighted by Gasteiger charge is 2.41. The molecule has 0 unspecified atom stereocenters. The average molecular weight is 497 g/mol. The number of aromatic nitrogens is 2. The second-order valence-electron chi connectivity index (χ2n) is 9.51. The van der Waals surface area contributed by atoms with E-state index < -0.39 is 11.7 Å². The van der Waals surface area contributed by atoms with Crippen LogP contribution < -0.4 is 5.56 Å². The molecule has 0 bridgehead atoms. The monoisotopic (exact) mass is 496 g/mol. The first-order chi connectivity index (χ1) is 16.8. The van der Waals surface area contributed by atoms with Gasteiger partial charge in [-0.1, -0.05) is 30.3 Å². The number of carbonyl (C=O) groups excluding carboxylic acids is 1. The minimum Gasteiger partial charge on any atom is -0.465 e. The topological polar surface area (TPSA) is 116 Å². The van der Waals surface area contributed by atoms with Gasteiger partial charge in [0.25, 0.3) is 5.56 Å². The SMILES string of the molecule is O=C(O)N1CC[C@H](C(=O)N2CCC(O)(Cn3cnc4sccc4c3=O)CC2)[C@@H](c2ccccc2)C1. The van der Waals surface area contributed by atoms with Crippen molar-refractivity contribution in [1.29, 1.82) is 0 Å². The molecule has 2 atom stereocenters. The molecular weight excluding hydrogens is 468 g/mol. The second kappa shape index (κ2) is 9.43. The summed E-state index contributed by atoms with van der Waals surface area (Å²) in [5.41, 5.74) is -0.308. The number of aliphatic hydroxyl groups is 1. The van der Waals surface area contributed by atoms with Crippen LogP contribution >= 0.6 is 11.3 Å². The van der Waals surface area contributed by atoms with E-state index in [2.05, 4.69) is 4.98 Å². The molecule has 2 amide bonds. The van der Waals surface area contributed by atoms with Gasteiger partial charge in [0.05, 0.1) is 23.9 Å². The summed E-state index contributed by atoms with van der Waals surface area (Å²) in [6.45, 7) is 1.52. The van der Waals surface area contributed by atoms with Crippen LogP contribution in [0.15, 0.2) is 52.9 Å². The molecule has 35 heavy (non-hydrogen) atoms. The largest absolute Gasteiger partial charge is 0.465 e. The molecule has 2 aliphatic heterocycles. The number of amides is 2. The van der Waals surface area contributed by atoms with Gasteiger partial charge in [0.1, 0.15) is 4.83 Å². The lowest BCUT2D eigenvalue weighted by atomic mass is 9.79. The van der Waals surface area contributed by atoms with Crippen LogP contribution in [0.1, 0.15) is 30.7 Å². The van der Waals surface area contributed by atoms with Gasteiger partial charge in [0, 0.05) is 38.0 Å². The van der Waals surface area contributed by atoms with Crippen LogP contribution in [0.4, 0.5) is 4.79 Å². The van der Waals surface area contributed by atoms with Gasteiger partial charge in [-0.25, -0.2) is 9.78 Å². The van der Waals surface area contributed by atoms with Crippen molar-refractivity contribution < 1.29 is 19.8 Å². The standard InChI is InChI=1S/C25H28N4O5S/c30-22(18-6-10-28(24(32)33)14-20(18)17-4-2-1-3-5-17)27-11-8-25(34,9-12-27)15-29-16-26-21-19(23(29)31)7-13-35-21/h1-5,7,13,16,18,20,34H,6,8-12,14-15H2,(H,32,33)/t18-,20+/m0/s1. The number of thiophene rings is 1. The predicted octanol–water partition coefficient (Wildman–Crippen LogP) is 2.60. The molecule has 5 rings (SSSR count). The number of carboxylic acid groups (broad SMARTS) is 1. The molecule has 0 aliphatic carbocycles. The Morgan fingerprint density at radius 1 is 1.09 bits per heavy atom. The zero-order valence-corrected chi connectivity index (χ0v) is 20.1. The molecule has 3 aromatic rings. The van der Waals surface area contributed by atoms with E-state index in [1.54, 1.807) is 11.0 Å². The van der Waals surface area contributed by atoms with Crippen molar-refractivity contribution in [2.45, 2.75) is 37.3 Å². The highest BCUT2D eigenvalue weighted by Crippen LogP contribution is 2.35. The molecule has 2 fully saturated rings. The van der Waals surface area contributed by atoms with Crippen LogP contribution in [0.2, 0.25) is 0 Å². The fourth-order valence-electron chi connectivity index (χ4n) is 5.32. The lowest BCUT2D eigenvalue weighted by Gasteiger charge is -2.42. The molecule has 10 heteroatoms. The average Bonchev–Trinajstić information content (AvgIpc) is 3.36. The summed E-state index contributed by atoms with van der Waals surface area (Å²) >= 11 is 1.41. The fraction of sp³-hybridized carbons (Fsp3) is 0.440. The molecule has 0 radical (unpaired) electrons. The Bertz CT molecular complexity index is 1280. The number of fused-ring (bicyclic) bond motifs is 1. The lowest BCUT2D eigenvalue weighted by Crippen LogP contribution is -2.53. The molecule has 0 saturated carbocycles.